The third-order valence-corrected chi connectivity index (χ3v) is 2.95. The molecule has 1 atom stereocenters. The van der Waals surface area contributed by atoms with Gasteiger partial charge in [0, 0.05) is 12.1 Å². The van der Waals surface area contributed by atoms with Gasteiger partial charge >= 0.3 is 0 Å². The highest BCUT2D eigenvalue weighted by Crippen LogP contribution is 2.25. The third-order valence-electron chi connectivity index (χ3n) is 2.95. The lowest BCUT2D eigenvalue weighted by Gasteiger charge is -2.15. The number of hydrogen-bond acceptors (Lipinski definition) is 2. The number of nitrogens with zero attached hydrogens (tertiary/aromatic N) is 2. The van der Waals surface area contributed by atoms with Crippen LogP contribution in [0.4, 0.5) is 13.2 Å². The highest BCUT2D eigenvalue weighted by atomic mass is 19.2. The van der Waals surface area contributed by atoms with Gasteiger partial charge in [-0.05, 0) is 26.0 Å². The van der Waals surface area contributed by atoms with Gasteiger partial charge in [-0.25, -0.2) is 13.2 Å². The molecule has 0 aliphatic rings. The molecule has 1 aromatic carbocycles. The van der Waals surface area contributed by atoms with Crippen LogP contribution < -0.4 is 5.73 Å². The van der Waals surface area contributed by atoms with E-state index in [-0.39, 0.29) is 5.56 Å². The van der Waals surface area contributed by atoms with Crippen LogP contribution in [0.25, 0.3) is 0 Å². The highest BCUT2D eigenvalue weighted by molar-refractivity contribution is 5.30. The topological polar surface area (TPSA) is 43.8 Å². The van der Waals surface area contributed by atoms with Gasteiger partial charge in [0.1, 0.15) is 0 Å². The van der Waals surface area contributed by atoms with Crippen LogP contribution in [0.2, 0.25) is 0 Å². The zero-order chi connectivity index (χ0) is 14.2. The smallest absolute Gasteiger partial charge is 0.194 e. The number of rotatable bonds is 3. The van der Waals surface area contributed by atoms with E-state index in [0.717, 1.165) is 17.8 Å². The molecule has 1 unspecified atom stereocenters. The van der Waals surface area contributed by atoms with E-state index in [1.807, 2.05) is 6.92 Å². The third kappa shape index (κ3) is 2.35. The number of nitrogens with two attached hydrogens (primary N) is 1. The quantitative estimate of drug-likeness (QED) is 0.871. The van der Waals surface area contributed by atoms with Crippen LogP contribution in [0.15, 0.2) is 18.2 Å². The van der Waals surface area contributed by atoms with Crippen molar-refractivity contribution in [2.75, 3.05) is 0 Å². The summed E-state index contributed by atoms with van der Waals surface area (Å²) in [4.78, 5) is 0. The molecular weight excluding hydrogens is 255 g/mol. The lowest BCUT2D eigenvalue weighted by molar-refractivity contribution is 0.437. The minimum Gasteiger partial charge on any atom is -0.319 e. The minimum absolute atomic E-state index is 0.0894. The van der Waals surface area contributed by atoms with Crippen LogP contribution in [0.1, 0.15) is 29.9 Å². The molecule has 1 aromatic heterocycles. The highest BCUT2D eigenvalue weighted by Gasteiger charge is 2.22. The van der Waals surface area contributed by atoms with Gasteiger partial charge in [-0.2, -0.15) is 5.10 Å². The van der Waals surface area contributed by atoms with E-state index < -0.39 is 23.5 Å². The number of aryl methyl sites for hydroxylation is 2. The summed E-state index contributed by atoms with van der Waals surface area (Å²) in [5.41, 5.74) is 7.14. The summed E-state index contributed by atoms with van der Waals surface area (Å²) in [6.07, 6.45) is 0. The van der Waals surface area contributed by atoms with Crippen molar-refractivity contribution >= 4 is 0 Å². The van der Waals surface area contributed by atoms with Crippen molar-refractivity contribution in [3.63, 3.8) is 0 Å². The van der Waals surface area contributed by atoms with Crippen LogP contribution in [0.5, 0.6) is 0 Å². The van der Waals surface area contributed by atoms with E-state index in [2.05, 4.69) is 5.10 Å². The maximum absolute atomic E-state index is 13.7. The Kier molecular flexibility index (Phi) is 3.61. The van der Waals surface area contributed by atoms with Crippen LogP contribution in [0.3, 0.4) is 0 Å². The van der Waals surface area contributed by atoms with Crippen molar-refractivity contribution < 1.29 is 13.2 Å². The molecule has 19 heavy (non-hydrogen) atoms. The second kappa shape index (κ2) is 5.05. The van der Waals surface area contributed by atoms with Gasteiger partial charge < -0.3 is 5.73 Å². The minimum atomic E-state index is -1.51. The molecule has 0 aliphatic carbocycles. The van der Waals surface area contributed by atoms with E-state index in [4.69, 9.17) is 5.73 Å². The van der Waals surface area contributed by atoms with Gasteiger partial charge in [0.05, 0.1) is 17.4 Å². The summed E-state index contributed by atoms with van der Waals surface area (Å²) in [5.74, 6) is -3.99. The summed E-state index contributed by atoms with van der Waals surface area (Å²) < 4.78 is 41.5. The zero-order valence-corrected chi connectivity index (χ0v) is 10.6. The first-order valence-electron chi connectivity index (χ1n) is 5.89. The van der Waals surface area contributed by atoms with Crippen LogP contribution in [0, 0.1) is 24.4 Å². The molecule has 0 spiro atoms. The first kappa shape index (κ1) is 13.6. The summed E-state index contributed by atoms with van der Waals surface area (Å²) in [7, 11) is 0. The number of aromatic nitrogens is 2. The van der Waals surface area contributed by atoms with E-state index in [0.29, 0.717) is 12.2 Å². The molecule has 0 saturated carbocycles. The molecule has 2 aromatic rings. The van der Waals surface area contributed by atoms with Gasteiger partial charge in [-0.1, -0.05) is 6.07 Å². The summed E-state index contributed by atoms with van der Waals surface area (Å²) >= 11 is 0. The van der Waals surface area contributed by atoms with Gasteiger partial charge in [0.2, 0.25) is 0 Å². The Labute approximate surface area is 108 Å². The van der Waals surface area contributed by atoms with E-state index in [9.17, 15) is 13.2 Å². The van der Waals surface area contributed by atoms with Crippen LogP contribution in [-0.4, -0.2) is 9.78 Å². The monoisotopic (exact) mass is 269 g/mol. The first-order chi connectivity index (χ1) is 8.95. The predicted molar refractivity (Wildman–Crippen MR) is 65.0 cm³/mol. The van der Waals surface area contributed by atoms with Crippen molar-refractivity contribution in [2.45, 2.75) is 26.4 Å². The molecule has 2 rings (SSSR count). The fourth-order valence-corrected chi connectivity index (χ4v) is 2.01. The maximum atomic E-state index is 13.7. The van der Waals surface area contributed by atoms with Crippen LogP contribution in [-0.2, 0) is 6.54 Å². The van der Waals surface area contributed by atoms with Gasteiger partial charge in [0.15, 0.2) is 17.5 Å². The second-order valence-electron chi connectivity index (χ2n) is 4.27. The average molecular weight is 269 g/mol. The van der Waals surface area contributed by atoms with Crippen LogP contribution >= 0.6 is 0 Å². The fourth-order valence-electron chi connectivity index (χ4n) is 2.01. The lowest BCUT2D eigenvalue weighted by atomic mass is 10.0. The standard InChI is InChI=1S/C13H14F3N3/c1-3-19-10(6-7(2)18-19)13(17)8-4-5-9(14)12(16)11(8)15/h4-6,13H,3,17H2,1-2H3. The lowest BCUT2D eigenvalue weighted by Crippen LogP contribution is -2.19. The average Bonchev–Trinajstić information content (AvgIpc) is 2.77. The number of halogens is 3. The molecule has 102 valence electrons. The Morgan fingerprint density at radius 3 is 2.58 bits per heavy atom. The molecule has 0 bridgehead atoms. The van der Waals surface area contributed by atoms with Crippen molar-refractivity contribution in [3.05, 3.63) is 52.6 Å². The number of benzene rings is 1. The Bertz CT molecular complexity index is 607. The van der Waals surface area contributed by atoms with E-state index in [1.54, 1.807) is 17.7 Å². The molecule has 0 amide bonds. The van der Waals surface area contributed by atoms with Crippen molar-refractivity contribution in [1.82, 2.24) is 9.78 Å². The van der Waals surface area contributed by atoms with Crippen molar-refractivity contribution in [2.24, 2.45) is 5.73 Å². The van der Waals surface area contributed by atoms with Crippen molar-refractivity contribution in [3.8, 4) is 0 Å². The Balaban J connectivity index is 2.49. The molecule has 6 heteroatoms. The Hall–Kier alpha value is -1.82. The fraction of sp³-hybridized carbons (Fsp3) is 0.308. The largest absolute Gasteiger partial charge is 0.319 e. The molecule has 0 radical (unpaired) electrons. The van der Waals surface area contributed by atoms with E-state index in [1.165, 1.54) is 0 Å². The van der Waals surface area contributed by atoms with E-state index >= 15 is 0 Å². The Morgan fingerprint density at radius 2 is 1.95 bits per heavy atom. The second-order valence-corrected chi connectivity index (χ2v) is 4.27. The molecule has 1 heterocycles. The molecule has 3 nitrogen and oxygen atoms in total. The van der Waals surface area contributed by atoms with Gasteiger partial charge in [-0.3, -0.25) is 4.68 Å². The SMILES string of the molecule is CCn1nc(C)cc1C(N)c1ccc(F)c(F)c1F. The first-order valence-corrected chi connectivity index (χ1v) is 5.89. The zero-order valence-electron chi connectivity index (χ0n) is 10.6. The molecule has 0 aliphatic heterocycles. The number of hydrogen-bond donors (Lipinski definition) is 1. The molecular formula is C13H14F3N3. The molecule has 0 saturated heterocycles. The summed E-state index contributed by atoms with van der Waals surface area (Å²) in [5, 5.41) is 4.19. The molecule has 0 fully saturated rings. The van der Waals surface area contributed by atoms with Gasteiger partial charge in [0.25, 0.3) is 0 Å². The Morgan fingerprint density at radius 1 is 1.26 bits per heavy atom. The molecule has 2 N–H and O–H groups in total. The summed E-state index contributed by atoms with van der Waals surface area (Å²) in [6.45, 7) is 4.20. The van der Waals surface area contributed by atoms with Crippen molar-refractivity contribution in [1.29, 1.82) is 0 Å². The predicted octanol–water partition coefficient (Wildman–Crippen LogP) is 2.68. The van der Waals surface area contributed by atoms with Gasteiger partial charge in [-0.15, -0.1) is 0 Å². The maximum Gasteiger partial charge on any atom is 0.194 e. The normalized spacial score (nSPS) is 12.7. The summed E-state index contributed by atoms with van der Waals surface area (Å²) in [6, 6.07) is 2.83.